The first-order valence-electron chi connectivity index (χ1n) is 13.1. The number of fused-ring (bicyclic) bond motifs is 5. The Balaban J connectivity index is 1.47. The standard InChI is InChI=1S/C28H40O6/c1-14-12-23(34-25(32)15(14)2)28(5,33)21-8-6-16-24-17(10-11-26(16,21)3)27(4)18(13-20(24)30)19(29)7-9-22(27)31/h7,9,13-17,19-21,23-24,29-30,33H,6,8,10-12H2,1-5H3/t14-,15+,16-,17-,19-,20-,21+,23-,24-,26-,27+,28+/m0/s1. The highest BCUT2D eigenvalue weighted by atomic mass is 16.6. The Morgan fingerprint density at radius 1 is 1.09 bits per heavy atom. The van der Waals surface area contributed by atoms with E-state index in [1.54, 1.807) is 6.08 Å². The number of esters is 1. The number of aliphatic hydroxyl groups is 3. The number of hydrogen-bond donors (Lipinski definition) is 3. The molecule has 0 bridgehead atoms. The molecule has 0 radical (unpaired) electrons. The van der Waals surface area contributed by atoms with Crippen LogP contribution in [0.2, 0.25) is 0 Å². The van der Waals surface area contributed by atoms with Crippen LogP contribution in [0.25, 0.3) is 0 Å². The van der Waals surface area contributed by atoms with Gasteiger partial charge in [0, 0.05) is 0 Å². The van der Waals surface area contributed by atoms with Gasteiger partial charge in [-0.2, -0.15) is 0 Å². The van der Waals surface area contributed by atoms with Crippen LogP contribution in [0.1, 0.15) is 66.7 Å². The van der Waals surface area contributed by atoms with Crippen LogP contribution in [0.3, 0.4) is 0 Å². The van der Waals surface area contributed by atoms with Crippen molar-refractivity contribution in [1.29, 1.82) is 0 Å². The SMILES string of the molecule is C[C@H]1C[C@@H]([C@](C)(O)[C@@H]2CC[C@H]3[C@@H]4[C@@H](O)C=C5[C@@H](O)C=CC(=O)[C@]5(C)[C@H]4CC[C@@]32C)OC(=O)[C@@H]1C. The average Bonchev–Trinajstić information content (AvgIpc) is 3.14. The highest BCUT2D eigenvalue weighted by molar-refractivity contribution is 5.99. The van der Waals surface area contributed by atoms with E-state index >= 15 is 0 Å². The Morgan fingerprint density at radius 2 is 1.79 bits per heavy atom. The molecular weight excluding hydrogens is 432 g/mol. The maximum atomic E-state index is 13.1. The molecule has 34 heavy (non-hydrogen) atoms. The summed E-state index contributed by atoms with van der Waals surface area (Å²) in [6.45, 7) is 9.93. The van der Waals surface area contributed by atoms with Gasteiger partial charge in [0.15, 0.2) is 5.78 Å². The number of carbonyl (C=O) groups is 2. The topological polar surface area (TPSA) is 104 Å². The minimum absolute atomic E-state index is 0.00771. The summed E-state index contributed by atoms with van der Waals surface area (Å²) in [6.07, 6.45) is 6.53. The number of rotatable bonds is 2. The van der Waals surface area contributed by atoms with Gasteiger partial charge in [0.2, 0.25) is 0 Å². The molecule has 0 aromatic rings. The third-order valence-corrected chi connectivity index (χ3v) is 11.1. The zero-order valence-electron chi connectivity index (χ0n) is 21.0. The van der Waals surface area contributed by atoms with Gasteiger partial charge in [-0.25, -0.2) is 0 Å². The average molecular weight is 473 g/mol. The van der Waals surface area contributed by atoms with E-state index in [9.17, 15) is 24.9 Å². The largest absolute Gasteiger partial charge is 0.459 e. The molecule has 0 spiro atoms. The first-order chi connectivity index (χ1) is 15.8. The summed E-state index contributed by atoms with van der Waals surface area (Å²) in [4.78, 5) is 25.6. The Bertz CT molecular complexity index is 951. The minimum atomic E-state index is -1.16. The van der Waals surface area contributed by atoms with Crippen LogP contribution in [0.4, 0.5) is 0 Å². The molecule has 1 saturated heterocycles. The molecule has 1 aliphatic heterocycles. The molecule has 3 fully saturated rings. The summed E-state index contributed by atoms with van der Waals surface area (Å²) >= 11 is 0. The molecule has 12 atom stereocenters. The first kappa shape index (κ1) is 24.2. The van der Waals surface area contributed by atoms with Gasteiger partial charge in [0.25, 0.3) is 0 Å². The van der Waals surface area contributed by atoms with Crippen LogP contribution in [0, 0.1) is 46.3 Å². The summed E-state index contributed by atoms with van der Waals surface area (Å²) in [6, 6.07) is 0. The van der Waals surface area contributed by atoms with Crippen molar-refractivity contribution in [3.05, 3.63) is 23.8 Å². The van der Waals surface area contributed by atoms with E-state index in [1.807, 2.05) is 27.7 Å². The third-order valence-electron chi connectivity index (χ3n) is 11.1. The predicted molar refractivity (Wildman–Crippen MR) is 126 cm³/mol. The van der Waals surface area contributed by atoms with Crippen molar-refractivity contribution in [3.8, 4) is 0 Å². The summed E-state index contributed by atoms with van der Waals surface area (Å²) in [7, 11) is 0. The fourth-order valence-corrected chi connectivity index (χ4v) is 8.83. The van der Waals surface area contributed by atoms with Crippen molar-refractivity contribution in [3.63, 3.8) is 0 Å². The number of ketones is 1. The zero-order valence-corrected chi connectivity index (χ0v) is 21.0. The van der Waals surface area contributed by atoms with Crippen molar-refractivity contribution in [2.45, 2.75) is 90.6 Å². The Hall–Kier alpha value is -1.50. The smallest absolute Gasteiger partial charge is 0.309 e. The van der Waals surface area contributed by atoms with Gasteiger partial charge >= 0.3 is 5.97 Å². The second-order valence-electron chi connectivity index (χ2n) is 12.6. The van der Waals surface area contributed by atoms with Crippen LogP contribution >= 0.6 is 0 Å². The van der Waals surface area contributed by atoms with Crippen LogP contribution in [-0.4, -0.2) is 51.0 Å². The number of cyclic esters (lactones) is 1. The highest BCUT2D eigenvalue weighted by Crippen LogP contribution is 2.67. The third kappa shape index (κ3) is 3.10. The minimum Gasteiger partial charge on any atom is -0.459 e. The normalized spacial score (nSPS) is 52.1. The lowest BCUT2D eigenvalue weighted by Crippen LogP contribution is -2.60. The maximum Gasteiger partial charge on any atom is 0.309 e. The monoisotopic (exact) mass is 472 g/mol. The van der Waals surface area contributed by atoms with Gasteiger partial charge in [-0.1, -0.05) is 26.8 Å². The number of hydrogen-bond acceptors (Lipinski definition) is 6. The molecule has 4 aliphatic carbocycles. The van der Waals surface area contributed by atoms with E-state index in [4.69, 9.17) is 4.74 Å². The predicted octanol–water partition coefficient (Wildman–Crippen LogP) is 3.19. The number of ether oxygens (including phenoxy) is 1. The van der Waals surface area contributed by atoms with Crippen LogP contribution in [-0.2, 0) is 14.3 Å². The molecule has 0 unspecified atom stereocenters. The Kier molecular flexibility index (Phi) is 5.52. The van der Waals surface area contributed by atoms with E-state index < -0.39 is 29.3 Å². The van der Waals surface area contributed by atoms with Crippen LogP contribution in [0.5, 0.6) is 0 Å². The van der Waals surface area contributed by atoms with E-state index in [0.29, 0.717) is 12.0 Å². The maximum absolute atomic E-state index is 13.1. The lowest BCUT2D eigenvalue weighted by atomic mass is 9.46. The summed E-state index contributed by atoms with van der Waals surface area (Å²) in [5, 5.41) is 33.8. The highest BCUT2D eigenvalue weighted by Gasteiger charge is 2.65. The molecule has 188 valence electrons. The Morgan fingerprint density at radius 3 is 2.47 bits per heavy atom. The Labute approximate surface area is 202 Å². The molecule has 0 amide bonds. The van der Waals surface area contributed by atoms with Gasteiger partial charge < -0.3 is 20.1 Å². The van der Waals surface area contributed by atoms with Crippen molar-refractivity contribution in [1.82, 2.24) is 0 Å². The summed E-state index contributed by atoms with van der Waals surface area (Å²) in [5.74, 6) is -0.323. The van der Waals surface area contributed by atoms with Gasteiger partial charge in [0.05, 0.1) is 23.5 Å². The second-order valence-corrected chi connectivity index (χ2v) is 12.6. The fourth-order valence-electron chi connectivity index (χ4n) is 8.83. The number of aliphatic hydroxyl groups excluding tert-OH is 2. The number of allylic oxidation sites excluding steroid dienone is 1. The molecule has 6 heteroatoms. The van der Waals surface area contributed by atoms with E-state index in [2.05, 4.69) is 6.92 Å². The number of carbonyl (C=O) groups excluding carboxylic acids is 2. The summed E-state index contributed by atoms with van der Waals surface area (Å²) < 4.78 is 5.78. The van der Waals surface area contributed by atoms with Crippen molar-refractivity contribution in [2.75, 3.05) is 0 Å². The van der Waals surface area contributed by atoms with E-state index in [-0.39, 0.29) is 52.7 Å². The van der Waals surface area contributed by atoms with Crippen LogP contribution in [0.15, 0.2) is 23.8 Å². The van der Waals surface area contributed by atoms with E-state index in [1.165, 1.54) is 12.2 Å². The van der Waals surface area contributed by atoms with Crippen molar-refractivity contribution >= 4 is 11.8 Å². The van der Waals surface area contributed by atoms with Gasteiger partial charge in [0.1, 0.15) is 11.7 Å². The molecule has 6 nitrogen and oxygen atoms in total. The lowest BCUT2D eigenvalue weighted by molar-refractivity contribution is -0.202. The van der Waals surface area contributed by atoms with Gasteiger partial charge in [-0.05, 0) is 98.7 Å². The van der Waals surface area contributed by atoms with Gasteiger partial charge in [-0.3, -0.25) is 9.59 Å². The zero-order chi connectivity index (χ0) is 24.8. The summed E-state index contributed by atoms with van der Waals surface area (Å²) in [5.41, 5.74) is -1.57. The molecule has 5 rings (SSSR count). The van der Waals surface area contributed by atoms with Gasteiger partial charge in [-0.15, -0.1) is 0 Å². The molecule has 2 saturated carbocycles. The fraction of sp³-hybridized carbons (Fsp3) is 0.786. The molecule has 3 N–H and O–H groups in total. The van der Waals surface area contributed by atoms with Crippen molar-refractivity contribution < 1.29 is 29.6 Å². The molecular formula is C28H40O6. The van der Waals surface area contributed by atoms with Crippen LogP contribution < -0.4 is 0 Å². The molecule has 5 aliphatic rings. The van der Waals surface area contributed by atoms with E-state index in [0.717, 1.165) is 25.7 Å². The molecule has 1 heterocycles. The first-order valence-corrected chi connectivity index (χ1v) is 13.1. The molecule has 0 aromatic heterocycles. The lowest BCUT2D eigenvalue weighted by Gasteiger charge is -2.59. The second kappa shape index (κ2) is 7.75. The quantitative estimate of drug-likeness (QED) is 0.421. The molecule has 0 aromatic carbocycles. The van der Waals surface area contributed by atoms with Crippen molar-refractivity contribution in [2.24, 2.45) is 46.3 Å².